The number of hydrogen-bond acceptors (Lipinski definition) is 16. The van der Waals surface area contributed by atoms with Crippen LogP contribution in [-0.2, 0) is 25.9 Å². The van der Waals surface area contributed by atoms with Crippen molar-refractivity contribution >= 4 is 79.0 Å². The van der Waals surface area contributed by atoms with Crippen LogP contribution in [0.5, 0.6) is 0 Å². The summed E-state index contributed by atoms with van der Waals surface area (Å²) in [6.07, 6.45) is 1.18. The average molecular weight is 1070 g/mol. The highest BCUT2D eigenvalue weighted by molar-refractivity contribution is 7.19. The third-order valence-electron chi connectivity index (χ3n) is 13.0. The van der Waals surface area contributed by atoms with Crippen molar-refractivity contribution in [2.75, 3.05) is 35.4 Å². The second-order valence-corrected chi connectivity index (χ2v) is 20.4. The Balaban J connectivity index is 0.000000192. The lowest BCUT2D eigenvalue weighted by atomic mass is 10.1. The fourth-order valence-corrected chi connectivity index (χ4v) is 11.6. The third kappa shape index (κ3) is 13.0. The van der Waals surface area contributed by atoms with Gasteiger partial charge in [0.2, 0.25) is 11.9 Å². The van der Waals surface area contributed by atoms with E-state index in [0.29, 0.717) is 70.8 Å². The average Bonchev–Trinajstić information content (AvgIpc) is 4.20. The Labute approximate surface area is 429 Å². The summed E-state index contributed by atoms with van der Waals surface area (Å²) in [5.74, 6) is 0.848. The molecule has 16 nitrogen and oxygen atoms in total. The van der Waals surface area contributed by atoms with Crippen LogP contribution in [0.1, 0.15) is 46.6 Å². The van der Waals surface area contributed by atoms with Crippen LogP contribution in [0.3, 0.4) is 0 Å². The van der Waals surface area contributed by atoms with Crippen molar-refractivity contribution in [3.05, 3.63) is 119 Å². The molecule has 388 valence electrons. The smallest absolute Gasteiger partial charge is 0.391 e. The van der Waals surface area contributed by atoms with Gasteiger partial charge in [-0.15, -0.1) is 35.1 Å². The number of likely N-dealkylation sites (N-methyl/N-ethyl adjacent to an activating group) is 2. The van der Waals surface area contributed by atoms with Crippen LogP contribution in [0.4, 0.5) is 49.9 Å². The molecule has 0 amide bonds. The highest BCUT2D eigenvalue weighted by Crippen LogP contribution is 2.39. The zero-order valence-corrected chi connectivity index (χ0v) is 41.8. The number of nitrogens with two attached hydrogens (primary N) is 2. The van der Waals surface area contributed by atoms with E-state index >= 15 is 0 Å². The van der Waals surface area contributed by atoms with Gasteiger partial charge in [-0.05, 0) is 73.2 Å². The molecular weight excluding hydrogens is 1020 g/mol. The van der Waals surface area contributed by atoms with E-state index < -0.39 is 37.4 Å². The Morgan fingerprint density at radius 1 is 0.616 bits per heavy atom. The maximum Gasteiger partial charge on any atom is 0.393 e. The van der Waals surface area contributed by atoms with E-state index in [0.717, 1.165) is 45.2 Å². The van der Waals surface area contributed by atoms with E-state index in [1.165, 1.54) is 12.1 Å². The monoisotopic (exact) mass is 1070 g/mol. The van der Waals surface area contributed by atoms with Gasteiger partial charge in [0.1, 0.15) is 21.3 Å². The molecule has 6 heterocycles. The molecule has 10 rings (SSSR count). The van der Waals surface area contributed by atoms with Gasteiger partial charge in [0, 0.05) is 85.2 Å². The largest absolute Gasteiger partial charge is 0.393 e. The van der Waals surface area contributed by atoms with Gasteiger partial charge >= 0.3 is 12.4 Å². The summed E-state index contributed by atoms with van der Waals surface area (Å²) in [7, 11) is 3.57. The molecule has 0 bridgehead atoms. The van der Waals surface area contributed by atoms with Gasteiger partial charge in [-0.3, -0.25) is 0 Å². The predicted molar refractivity (Wildman–Crippen MR) is 274 cm³/mol. The summed E-state index contributed by atoms with van der Waals surface area (Å²) < 4.78 is 81.4. The Hall–Kier alpha value is -6.15. The van der Waals surface area contributed by atoms with Crippen molar-refractivity contribution in [3.63, 3.8) is 0 Å². The first kappa shape index (κ1) is 53.2. The number of anilines is 4. The molecule has 8 aromatic rings. The molecule has 73 heavy (non-hydrogen) atoms. The van der Waals surface area contributed by atoms with Crippen molar-refractivity contribution in [3.8, 4) is 11.4 Å². The standard InChI is InChI=1S/2C24H26F3N7OS.ClH/c2*1-33(21-18-10-17(11-24(25,26)27)36-22(18)32-23(28)31-21)19-8-15(9-20(19)35)30-12-14-2-4-16(5-3-14)34-7-6-29-13-34;/h2*2-7,10,13,15,19-20,30,35H,8-9,11-12H2,1H3,(H2,28,31,32);1H/t2*15-,19+,20-;/m11./s1. The van der Waals surface area contributed by atoms with Crippen LogP contribution >= 0.6 is 35.1 Å². The van der Waals surface area contributed by atoms with Crippen LogP contribution in [0.25, 0.3) is 31.8 Å². The van der Waals surface area contributed by atoms with Gasteiger partial charge in [-0.1, -0.05) is 24.3 Å². The maximum atomic E-state index is 12.9. The van der Waals surface area contributed by atoms with E-state index in [1.807, 2.05) is 79.9 Å². The Kier molecular flexibility index (Phi) is 16.1. The van der Waals surface area contributed by atoms with Crippen LogP contribution < -0.4 is 31.9 Å². The molecule has 2 aliphatic carbocycles. The van der Waals surface area contributed by atoms with Crippen molar-refractivity contribution in [2.45, 2.75) is 100 Å². The lowest BCUT2D eigenvalue weighted by molar-refractivity contribution is -0.127. The molecule has 2 aromatic carbocycles. The first-order valence-corrected chi connectivity index (χ1v) is 24.6. The van der Waals surface area contributed by atoms with Crippen LogP contribution in [0.15, 0.2) is 98.1 Å². The fraction of sp³-hybridized carbons (Fsp3) is 0.375. The minimum Gasteiger partial charge on any atom is -0.391 e. The van der Waals surface area contributed by atoms with Crippen molar-refractivity contribution in [1.29, 1.82) is 0 Å². The summed E-state index contributed by atoms with van der Waals surface area (Å²) in [6, 6.07) is 18.8. The van der Waals surface area contributed by atoms with Gasteiger partial charge in [-0.25, -0.2) is 19.9 Å². The number of rotatable bonds is 14. The number of aliphatic hydroxyl groups excluding tert-OH is 2. The molecule has 2 fully saturated rings. The van der Waals surface area contributed by atoms with Gasteiger partial charge in [0.05, 0.1) is 60.6 Å². The molecule has 6 atom stereocenters. The zero-order valence-electron chi connectivity index (χ0n) is 39.4. The number of halogens is 7. The number of nitrogen functional groups attached to an aromatic ring is 2. The molecule has 2 saturated carbocycles. The molecule has 0 saturated heterocycles. The molecule has 2 aliphatic rings. The van der Waals surface area contributed by atoms with Gasteiger partial charge < -0.3 is 51.2 Å². The quantitative estimate of drug-likeness (QED) is 0.0575. The topological polar surface area (TPSA) is 210 Å². The maximum absolute atomic E-state index is 12.9. The molecule has 25 heteroatoms. The summed E-state index contributed by atoms with van der Waals surface area (Å²) in [4.78, 5) is 29.8. The number of aromatic nitrogens is 8. The van der Waals surface area contributed by atoms with E-state index in [9.17, 15) is 36.6 Å². The summed E-state index contributed by atoms with van der Waals surface area (Å²) >= 11 is 1.92. The minimum absolute atomic E-state index is 0. The highest BCUT2D eigenvalue weighted by atomic mass is 35.5. The second-order valence-electron chi connectivity index (χ2n) is 18.1. The number of hydrogen-bond donors (Lipinski definition) is 6. The highest BCUT2D eigenvalue weighted by Gasteiger charge is 2.39. The van der Waals surface area contributed by atoms with E-state index in [4.69, 9.17) is 11.5 Å². The normalized spacial score (nSPS) is 20.0. The zero-order chi connectivity index (χ0) is 50.9. The van der Waals surface area contributed by atoms with E-state index in [2.05, 4.69) is 40.5 Å². The van der Waals surface area contributed by atoms with E-state index in [-0.39, 0.29) is 58.2 Å². The Morgan fingerprint density at radius 2 is 1.00 bits per heavy atom. The number of benzene rings is 2. The lowest BCUT2D eigenvalue weighted by Gasteiger charge is -2.28. The number of nitrogens with zero attached hydrogens (tertiary/aromatic N) is 10. The van der Waals surface area contributed by atoms with E-state index in [1.54, 1.807) is 39.1 Å². The summed E-state index contributed by atoms with van der Waals surface area (Å²) in [6.45, 7) is 1.29. The first-order valence-electron chi connectivity index (χ1n) is 23.0. The van der Waals surface area contributed by atoms with Crippen molar-refractivity contribution in [2.24, 2.45) is 0 Å². The molecular formula is C48H53ClF6N14O2S2. The molecule has 6 aromatic heterocycles. The van der Waals surface area contributed by atoms with Crippen molar-refractivity contribution < 1.29 is 36.6 Å². The SMILES string of the molecule is CN(c1nc(N)nc2sc(CC(F)(F)F)cc12)[C@H]1C[C@@H](NCc2ccc(-n3ccnc3)cc2)C[C@H]1O.CN(c1nc(N)nc2sc(CC(F)(F)F)cc12)[C@H]1C[C@@H](NCc2ccc(-n3ccnc3)cc2)C[C@H]1O.Cl. The second kappa shape index (κ2) is 22.1. The van der Waals surface area contributed by atoms with Gasteiger partial charge in [0.25, 0.3) is 0 Å². The van der Waals surface area contributed by atoms with Crippen LogP contribution in [0, 0.1) is 0 Å². The predicted octanol–water partition coefficient (Wildman–Crippen LogP) is 7.79. The molecule has 0 radical (unpaired) electrons. The number of imidazole rings is 2. The third-order valence-corrected chi connectivity index (χ3v) is 15.0. The molecule has 0 unspecified atom stereocenters. The van der Waals surface area contributed by atoms with Crippen molar-refractivity contribution in [1.82, 2.24) is 49.7 Å². The Bertz CT molecular complexity index is 2860. The van der Waals surface area contributed by atoms with Crippen LogP contribution in [-0.4, -0.2) is 112 Å². The molecule has 0 spiro atoms. The number of aliphatic hydroxyl groups is 2. The number of fused-ring (bicyclic) bond motifs is 2. The summed E-state index contributed by atoms with van der Waals surface area (Å²) in [5.41, 5.74) is 16.0. The fourth-order valence-electron chi connectivity index (χ4n) is 9.44. The number of alkyl halides is 6. The molecule has 0 aliphatic heterocycles. The minimum atomic E-state index is -4.31. The number of thiophene rings is 2. The number of nitrogens with one attached hydrogen (secondary N) is 2. The van der Waals surface area contributed by atoms with Crippen LogP contribution in [0.2, 0.25) is 0 Å². The summed E-state index contributed by atoms with van der Waals surface area (Å²) in [5, 5.41) is 29.7. The first-order chi connectivity index (χ1) is 34.3. The van der Waals surface area contributed by atoms with Gasteiger partial charge in [0.15, 0.2) is 0 Å². The Morgan fingerprint density at radius 3 is 1.34 bits per heavy atom. The van der Waals surface area contributed by atoms with Gasteiger partial charge in [-0.2, -0.15) is 36.3 Å². The lowest BCUT2D eigenvalue weighted by Crippen LogP contribution is -2.38. The molecule has 8 N–H and O–H groups in total.